The van der Waals surface area contributed by atoms with Crippen LogP contribution in [0.3, 0.4) is 0 Å². The van der Waals surface area contributed by atoms with E-state index in [0.717, 1.165) is 17.0 Å². The first-order chi connectivity index (χ1) is 9.38. The van der Waals surface area contributed by atoms with Crippen LogP contribution in [0.2, 0.25) is 0 Å². The molecule has 0 radical (unpaired) electrons. The van der Waals surface area contributed by atoms with E-state index in [4.69, 9.17) is 9.84 Å². The summed E-state index contributed by atoms with van der Waals surface area (Å²) in [6.07, 6.45) is 0.648. The molecule has 0 aliphatic carbocycles. The number of methoxy groups -OCH3 is 1. The highest BCUT2D eigenvalue weighted by molar-refractivity contribution is 5.89. The maximum Gasteiger partial charge on any atom is 0.319 e. The minimum Gasteiger partial charge on any atom is -0.496 e. The molecule has 5 heteroatoms. The van der Waals surface area contributed by atoms with Crippen LogP contribution in [0.4, 0.5) is 10.5 Å². The van der Waals surface area contributed by atoms with Gasteiger partial charge in [-0.25, -0.2) is 4.79 Å². The van der Waals surface area contributed by atoms with Gasteiger partial charge in [0.25, 0.3) is 0 Å². The van der Waals surface area contributed by atoms with E-state index in [9.17, 15) is 4.79 Å². The van der Waals surface area contributed by atoms with Crippen molar-refractivity contribution < 1.29 is 14.6 Å². The SMILES string of the molecule is COc1ccc(NC(=O)NCC(C)(C)CCO)cc1C. The number of amides is 2. The number of hydrogen-bond acceptors (Lipinski definition) is 3. The van der Waals surface area contributed by atoms with Crippen molar-refractivity contribution in [1.29, 1.82) is 0 Å². The van der Waals surface area contributed by atoms with Crippen LogP contribution in [-0.4, -0.2) is 31.4 Å². The summed E-state index contributed by atoms with van der Waals surface area (Å²) in [4.78, 5) is 11.8. The summed E-state index contributed by atoms with van der Waals surface area (Å²) in [6, 6.07) is 5.22. The largest absolute Gasteiger partial charge is 0.496 e. The molecule has 0 heterocycles. The Bertz CT molecular complexity index is 458. The lowest BCUT2D eigenvalue weighted by Gasteiger charge is -2.23. The number of benzene rings is 1. The normalized spacial score (nSPS) is 11.1. The Morgan fingerprint density at radius 3 is 2.65 bits per heavy atom. The van der Waals surface area contributed by atoms with Gasteiger partial charge in [-0.05, 0) is 42.5 Å². The molecule has 0 saturated heterocycles. The molecule has 0 spiro atoms. The van der Waals surface area contributed by atoms with E-state index in [0.29, 0.717) is 13.0 Å². The Hall–Kier alpha value is -1.75. The summed E-state index contributed by atoms with van der Waals surface area (Å²) in [5.74, 6) is 0.792. The van der Waals surface area contributed by atoms with Gasteiger partial charge in [0.15, 0.2) is 0 Å². The smallest absolute Gasteiger partial charge is 0.319 e. The number of rotatable bonds is 6. The zero-order chi connectivity index (χ0) is 15.2. The summed E-state index contributed by atoms with van der Waals surface area (Å²) < 4.78 is 5.17. The molecule has 0 bridgehead atoms. The minimum absolute atomic E-state index is 0.119. The topological polar surface area (TPSA) is 70.6 Å². The molecule has 0 aliphatic heterocycles. The second-order valence-electron chi connectivity index (χ2n) is 5.63. The molecule has 1 aromatic rings. The Labute approximate surface area is 120 Å². The number of aliphatic hydroxyl groups is 1. The number of hydrogen-bond donors (Lipinski definition) is 3. The van der Waals surface area contributed by atoms with Crippen molar-refractivity contribution in [2.75, 3.05) is 25.6 Å². The van der Waals surface area contributed by atoms with E-state index < -0.39 is 0 Å². The van der Waals surface area contributed by atoms with Crippen LogP contribution >= 0.6 is 0 Å². The Kier molecular flexibility index (Phi) is 5.82. The molecule has 1 rings (SSSR count). The lowest BCUT2D eigenvalue weighted by molar-refractivity contribution is 0.204. The minimum atomic E-state index is -0.249. The van der Waals surface area contributed by atoms with Crippen molar-refractivity contribution in [3.8, 4) is 5.75 Å². The van der Waals surface area contributed by atoms with Gasteiger partial charge in [0.1, 0.15) is 5.75 Å². The van der Waals surface area contributed by atoms with Crippen LogP contribution in [0, 0.1) is 12.3 Å². The first-order valence-corrected chi connectivity index (χ1v) is 6.68. The molecular formula is C15H24N2O3. The third kappa shape index (κ3) is 5.09. The van der Waals surface area contributed by atoms with Gasteiger partial charge in [0.2, 0.25) is 0 Å². The van der Waals surface area contributed by atoms with Gasteiger partial charge in [-0.15, -0.1) is 0 Å². The Morgan fingerprint density at radius 2 is 2.10 bits per heavy atom. The fourth-order valence-corrected chi connectivity index (χ4v) is 1.84. The Morgan fingerprint density at radius 1 is 1.40 bits per heavy atom. The van der Waals surface area contributed by atoms with Crippen molar-refractivity contribution in [2.24, 2.45) is 5.41 Å². The lowest BCUT2D eigenvalue weighted by atomic mass is 9.90. The van der Waals surface area contributed by atoms with Gasteiger partial charge < -0.3 is 20.5 Å². The fourth-order valence-electron chi connectivity index (χ4n) is 1.84. The number of anilines is 1. The molecular weight excluding hydrogens is 256 g/mol. The maximum absolute atomic E-state index is 11.8. The number of urea groups is 1. The van der Waals surface area contributed by atoms with Crippen LogP contribution < -0.4 is 15.4 Å². The van der Waals surface area contributed by atoms with E-state index in [1.807, 2.05) is 32.9 Å². The second-order valence-corrected chi connectivity index (χ2v) is 5.63. The first kappa shape index (κ1) is 16.3. The van der Waals surface area contributed by atoms with Crippen molar-refractivity contribution >= 4 is 11.7 Å². The van der Waals surface area contributed by atoms with Crippen molar-refractivity contribution in [3.63, 3.8) is 0 Å². The van der Waals surface area contributed by atoms with Gasteiger partial charge >= 0.3 is 6.03 Å². The van der Waals surface area contributed by atoms with Crippen LogP contribution in [0.15, 0.2) is 18.2 Å². The predicted molar refractivity (Wildman–Crippen MR) is 80.2 cm³/mol. The van der Waals surface area contributed by atoms with Gasteiger partial charge in [-0.3, -0.25) is 0 Å². The summed E-state index contributed by atoms with van der Waals surface area (Å²) in [5.41, 5.74) is 1.56. The van der Waals surface area contributed by atoms with Crippen molar-refractivity contribution in [1.82, 2.24) is 5.32 Å². The van der Waals surface area contributed by atoms with E-state index in [-0.39, 0.29) is 18.1 Å². The van der Waals surface area contributed by atoms with Crippen LogP contribution in [0.1, 0.15) is 25.8 Å². The monoisotopic (exact) mass is 280 g/mol. The molecule has 0 saturated carbocycles. The molecule has 0 aliphatic rings. The molecule has 3 N–H and O–H groups in total. The number of carbonyl (C=O) groups excluding carboxylic acids is 1. The number of nitrogens with one attached hydrogen (secondary N) is 2. The zero-order valence-corrected chi connectivity index (χ0v) is 12.6. The summed E-state index contributed by atoms with van der Waals surface area (Å²) >= 11 is 0. The zero-order valence-electron chi connectivity index (χ0n) is 12.6. The van der Waals surface area contributed by atoms with E-state index in [1.165, 1.54) is 0 Å². The van der Waals surface area contributed by atoms with Crippen LogP contribution in [0.5, 0.6) is 5.75 Å². The van der Waals surface area contributed by atoms with E-state index in [2.05, 4.69) is 10.6 Å². The molecule has 20 heavy (non-hydrogen) atoms. The van der Waals surface area contributed by atoms with Crippen molar-refractivity contribution in [2.45, 2.75) is 27.2 Å². The highest BCUT2D eigenvalue weighted by Gasteiger charge is 2.18. The lowest BCUT2D eigenvalue weighted by Crippen LogP contribution is -2.37. The Balaban J connectivity index is 2.52. The molecule has 1 aromatic carbocycles. The molecule has 5 nitrogen and oxygen atoms in total. The molecule has 0 fully saturated rings. The van der Waals surface area contributed by atoms with Gasteiger partial charge in [-0.2, -0.15) is 0 Å². The predicted octanol–water partition coefficient (Wildman–Crippen LogP) is 2.53. The summed E-state index contributed by atoms with van der Waals surface area (Å²) in [7, 11) is 1.62. The first-order valence-electron chi connectivity index (χ1n) is 6.68. The van der Waals surface area contributed by atoms with E-state index >= 15 is 0 Å². The third-order valence-corrected chi connectivity index (χ3v) is 3.17. The summed E-state index contributed by atoms with van der Waals surface area (Å²) in [6.45, 7) is 6.55. The molecule has 0 atom stereocenters. The third-order valence-electron chi connectivity index (χ3n) is 3.17. The standard InChI is InChI=1S/C15H24N2O3/c1-11-9-12(5-6-13(11)20-4)17-14(19)16-10-15(2,3)7-8-18/h5-6,9,18H,7-8,10H2,1-4H3,(H2,16,17,19). The van der Waals surface area contributed by atoms with Gasteiger partial charge in [0.05, 0.1) is 7.11 Å². The second kappa shape index (κ2) is 7.14. The van der Waals surface area contributed by atoms with E-state index in [1.54, 1.807) is 13.2 Å². The van der Waals surface area contributed by atoms with Crippen LogP contribution in [0.25, 0.3) is 0 Å². The summed E-state index contributed by atoms with van der Waals surface area (Å²) in [5, 5.41) is 14.5. The highest BCUT2D eigenvalue weighted by Crippen LogP contribution is 2.21. The van der Waals surface area contributed by atoms with Gasteiger partial charge in [-0.1, -0.05) is 13.8 Å². The van der Waals surface area contributed by atoms with Gasteiger partial charge in [0, 0.05) is 18.8 Å². The number of aryl methyl sites for hydroxylation is 1. The molecule has 2 amide bonds. The quantitative estimate of drug-likeness (QED) is 0.750. The average molecular weight is 280 g/mol. The van der Waals surface area contributed by atoms with Crippen LogP contribution in [-0.2, 0) is 0 Å². The number of carbonyl (C=O) groups is 1. The number of ether oxygens (including phenoxy) is 1. The molecule has 112 valence electrons. The molecule has 0 aromatic heterocycles. The number of aliphatic hydroxyl groups excluding tert-OH is 1. The highest BCUT2D eigenvalue weighted by atomic mass is 16.5. The molecule has 0 unspecified atom stereocenters. The fraction of sp³-hybridized carbons (Fsp3) is 0.533. The maximum atomic E-state index is 11.8. The van der Waals surface area contributed by atoms with Crippen molar-refractivity contribution in [3.05, 3.63) is 23.8 Å². The average Bonchev–Trinajstić information content (AvgIpc) is 2.37.